The molecule has 1 aromatic heterocycles. The average Bonchev–Trinajstić information content (AvgIpc) is 2.44. The zero-order valence-electron chi connectivity index (χ0n) is 11.0. The van der Waals surface area contributed by atoms with Gasteiger partial charge in [0, 0.05) is 25.7 Å². The van der Waals surface area contributed by atoms with Gasteiger partial charge in [0.25, 0.3) is 5.91 Å². The molecule has 0 bridgehead atoms. The number of piperidine rings is 1. The van der Waals surface area contributed by atoms with E-state index in [-0.39, 0.29) is 39.0 Å². The quantitative estimate of drug-likeness (QED) is 0.906. The maximum absolute atomic E-state index is 12.4. The third-order valence-electron chi connectivity index (χ3n) is 3.48. The van der Waals surface area contributed by atoms with Gasteiger partial charge in [-0.15, -0.1) is 0 Å². The number of aliphatic carboxylic acids is 1. The second-order valence-corrected chi connectivity index (χ2v) is 6.08. The maximum atomic E-state index is 12.4. The Morgan fingerprint density at radius 3 is 2.43 bits per heavy atom. The molecule has 1 saturated heterocycles. The number of pyridine rings is 1. The van der Waals surface area contributed by atoms with E-state index in [1.165, 1.54) is 6.20 Å². The molecule has 1 aromatic rings. The standard InChI is InChI=1S/C13H13Cl3N2O3/c14-8-6-17-12(11(16)10(8)15)13(21)18-3-1-7(2-4-18)5-9(19)20/h6-7H,1-5H2,(H,19,20). The number of carboxylic acid groups (broad SMARTS) is 1. The minimum absolute atomic E-state index is 0.0434. The molecule has 8 heteroatoms. The first-order valence-corrected chi connectivity index (χ1v) is 7.54. The normalized spacial score (nSPS) is 16.0. The van der Waals surface area contributed by atoms with Crippen molar-refractivity contribution in [2.24, 2.45) is 5.92 Å². The molecule has 2 rings (SSSR count). The molecular weight excluding hydrogens is 339 g/mol. The molecule has 1 fully saturated rings. The second-order valence-electron chi connectivity index (χ2n) is 4.92. The fraction of sp³-hybridized carbons (Fsp3) is 0.462. The summed E-state index contributed by atoms with van der Waals surface area (Å²) in [4.78, 5) is 28.6. The lowest BCUT2D eigenvalue weighted by atomic mass is 9.93. The van der Waals surface area contributed by atoms with Crippen molar-refractivity contribution in [3.8, 4) is 0 Å². The van der Waals surface area contributed by atoms with Crippen LogP contribution in [-0.2, 0) is 4.79 Å². The van der Waals surface area contributed by atoms with Crippen molar-refractivity contribution >= 4 is 46.7 Å². The smallest absolute Gasteiger partial charge is 0.303 e. The lowest BCUT2D eigenvalue weighted by Crippen LogP contribution is -2.39. The van der Waals surface area contributed by atoms with Crippen molar-refractivity contribution in [2.75, 3.05) is 13.1 Å². The molecule has 0 atom stereocenters. The number of carboxylic acids is 1. The summed E-state index contributed by atoms with van der Waals surface area (Å²) in [6.45, 7) is 0.962. The SMILES string of the molecule is O=C(O)CC1CCN(C(=O)c2ncc(Cl)c(Cl)c2Cl)CC1. The molecule has 0 radical (unpaired) electrons. The van der Waals surface area contributed by atoms with Gasteiger partial charge in [-0.3, -0.25) is 9.59 Å². The highest BCUT2D eigenvalue weighted by Gasteiger charge is 2.27. The van der Waals surface area contributed by atoms with E-state index in [0.29, 0.717) is 25.9 Å². The molecule has 5 nitrogen and oxygen atoms in total. The Hall–Kier alpha value is -1.04. The number of rotatable bonds is 3. The summed E-state index contributed by atoms with van der Waals surface area (Å²) in [5, 5.41) is 9.12. The highest BCUT2D eigenvalue weighted by Crippen LogP contribution is 2.32. The first kappa shape index (κ1) is 16.3. The van der Waals surface area contributed by atoms with Crippen molar-refractivity contribution in [3.63, 3.8) is 0 Å². The van der Waals surface area contributed by atoms with Crippen LogP contribution >= 0.6 is 34.8 Å². The predicted octanol–water partition coefficient (Wildman–Crippen LogP) is 3.37. The zero-order valence-corrected chi connectivity index (χ0v) is 13.3. The van der Waals surface area contributed by atoms with Crippen LogP contribution in [0.4, 0.5) is 0 Å². The third-order valence-corrected chi connectivity index (χ3v) is 4.73. The highest BCUT2D eigenvalue weighted by molar-refractivity contribution is 6.48. The van der Waals surface area contributed by atoms with Gasteiger partial charge < -0.3 is 10.0 Å². The molecule has 21 heavy (non-hydrogen) atoms. The minimum Gasteiger partial charge on any atom is -0.481 e. The summed E-state index contributed by atoms with van der Waals surface area (Å²) in [6.07, 6.45) is 2.72. The van der Waals surface area contributed by atoms with Crippen LogP contribution in [-0.4, -0.2) is 40.0 Å². The number of nitrogens with zero attached hydrogens (tertiary/aromatic N) is 2. The molecule has 1 aliphatic heterocycles. The number of hydrogen-bond acceptors (Lipinski definition) is 3. The van der Waals surface area contributed by atoms with Gasteiger partial charge in [-0.05, 0) is 18.8 Å². The van der Waals surface area contributed by atoms with Crippen LogP contribution in [0, 0.1) is 5.92 Å². The number of aromatic nitrogens is 1. The zero-order chi connectivity index (χ0) is 15.6. The van der Waals surface area contributed by atoms with Crippen LogP contribution in [0.3, 0.4) is 0 Å². The number of hydrogen-bond donors (Lipinski definition) is 1. The van der Waals surface area contributed by atoms with E-state index >= 15 is 0 Å². The molecule has 1 N–H and O–H groups in total. The van der Waals surface area contributed by atoms with Crippen molar-refractivity contribution < 1.29 is 14.7 Å². The Labute approximate surface area is 136 Å². The molecule has 0 unspecified atom stereocenters. The van der Waals surface area contributed by atoms with Crippen LogP contribution in [0.5, 0.6) is 0 Å². The van der Waals surface area contributed by atoms with Crippen LogP contribution in [0.25, 0.3) is 0 Å². The molecule has 2 heterocycles. The number of carbonyl (C=O) groups excluding carboxylic acids is 1. The summed E-state index contributed by atoms with van der Waals surface area (Å²) in [7, 11) is 0. The Balaban J connectivity index is 2.06. The topological polar surface area (TPSA) is 70.5 Å². The molecule has 0 spiro atoms. The number of halogens is 3. The number of amides is 1. The van der Waals surface area contributed by atoms with Gasteiger partial charge in [0.15, 0.2) is 0 Å². The molecule has 0 saturated carbocycles. The van der Waals surface area contributed by atoms with Crippen molar-refractivity contribution in [1.82, 2.24) is 9.88 Å². The van der Waals surface area contributed by atoms with Crippen LogP contribution in [0.2, 0.25) is 15.1 Å². The molecule has 114 valence electrons. The van der Waals surface area contributed by atoms with Gasteiger partial charge in [-0.1, -0.05) is 34.8 Å². The molecule has 1 aliphatic rings. The van der Waals surface area contributed by atoms with Crippen molar-refractivity contribution in [3.05, 3.63) is 27.0 Å². The van der Waals surface area contributed by atoms with Gasteiger partial charge in [0.1, 0.15) is 5.69 Å². The van der Waals surface area contributed by atoms with E-state index < -0.39 is 5.97 Å². The summed E-state index contributed by atoms with van der Waals surface area (Å²) in [5.74, 6) is -1.02. The average molecular weight is 352 g/mol. The van der Waals surface area contributed by atoms with Crippen LogP contribution in [0.15, 0.2) is 6.20 Å². The summed E-state index contributed by atoms with van der Waals surface area (Å²) < 4.78 is 0. The van der Waals surface area contributed by atoms with Crippen LogP contribution in [0.1, 0.15) is 29.8 Å². The van der Waals surface area contributed by atoms with E-state index in [1.807, 2.05) is 0 Å². The minimum atomic E-state index is -0.811. The summed E-state index contributed by atoms with van der Waals surface area (Å²) >= 11 is 17.7. The lowest BCUT2D eigenvalue weighted by Gasteiger charge is -2.31. The van der Waals surface area contributed by atoms with Gasteiger partial charge in [-0.25, -0.2) is 4.98 Å². The number of likely N-dealkylation sites (tertiary alicyclic amines) is 1. The molecule has 0 aliphatic carbocycles. The largest absolute Gasteiger partial charge is 0.481 e. The van der Waals surface area contributed by atoms with E-state index in [9.17, 15) is 9.59 Å². The summed E-state index contributed by atoms with van der Waals surface area (Å²) in [6, 6.07) is 0. The van der Waals surface area contributed by atoms with Crippen molar-refractivity contribution in [2.45, 2.75) is 19.3 Å². The van der Waals surface area contributed by atoms with E-state index in [1.54, 1.807) is 4.90 Å². The van der Waals surface area contributed by atoms with E-state index in [2.05, 4.69) is 4.98 Å². The second kappa shape index (κ2) is 6.81. The predicted molar refractivity (Wildman–Crippen MR) is 80.1 cm³/mol. The molecule has 1 amide bonds. The van der Waals surface area contributed by atoms with Gasteiger partial charge in [-0.2, -0.15) is 0 Å². The Bertz CT molecular complexity index is 572. The first-order valence-electron chi connectivity index (χ1n) is 6.40. The Morgan fingerprint density at radius 2 is 1.86 bits per heavy atom. The van der Waals surface area contributed by atoms with Gasteiger partial charge in [0.05, 0.1) is 15.1 Å². The fourth-order valence-corrected chi connectivity index (χ4v) is 2.89. The molecular formula is C13H13Cl3N2O3. The van der Waals surface area contributed by atoms with Gasteiger partial charge >= 0.3 is 5.97 Å². The summed E-state index contributed by atoms with van der Waals surface area (Å²) in [5.41, 5.74) is 0.0720. The number of carbonyl (C=O) groups is 2. The van der Waals surface area contributed by atoms with Crippen LogP contribution < -0.4 is 0 Å². The Kier molecular flexibility index (Phi) is 5.30. The Morgan fingerprint density at radius 1 is 1.24 bits per heavy atom. The monoisotopic (exact) mass is 350 g/mol. The van der Waals surface area contributed by atoms with Gasteiger partial charge in [0.2, 0.25) is 0 Å². The highest BCUT2D eigenvalue weighted by atomic mass is 35.5. The maximum Gasteiger partial charge on any atom is 0.303 e. The fourth-order valence-electron chi connectivity index (χ4n) is 2.33. The third kappa shape index (κ3) is 3.78. The lowest BCUT2D eigenvalue weighted by molar-refractivity contribution is -0.138. The van der Waals surface area contributed by atoms with E-state index in [0.717, 1.165) is 0 Å². The molecule has 0 aromatic carbocycles. The van der Waals surface area contributed by atoms with Crippen molar-refractivity contribution in [1.29, 1.82) is 0 Å². The van der Waals surface area contributed by atoms with E-state index in [4.69, 9.17) is 39.9 Å². The first-order chi connectivity index (χ1) is 9.90.